The zero-order chi connectivity index (χ0) is 14.0. The fourth-order valence-electron chi connectivity index (χ4n) is 1.79. The average Bonchev–Trinajstić information content (AvgIpc) is 2.85. The molecule has 6 heteroatoms. The minimum Gasteiger partial charge on any atom is -0.496 e. The van der Waals surface area contributed by atoms with Crippen LogP contribution < -0.4 is 9.47 Å². The summed E-state index contributed by atoms with van der Waals surface area (Å²) in [4.78, 5) is 0.927. The van der Waals surface area contributed by atoms with Crippen LogP contribution in [0.3, 0.4) is 0 Å². The predicted octanol–water partition coefficient (Wildman–Crippen LogP) is 5.51. The zero-order valence-electron chi connectivity index (χ0n) is 10.2. The number of alkyl halides is 1. The summed E-state index contributed by atoms with van der Waals surface area (Å²) < 4.78 is 11.5. The summed E-state index contributed by atoms with van der Waals surface area (Å²) in [6.07, 6.45) is 0. The van der Waals surface area contributed by atoms with Gasteiger partial charge in [-0.05, 0) is 39.5 Å². The topological polar surface area (TPSA) is 18.5 Å². The molecule has 2 rings (SSSR count). The molecule has 2 nitrogen and oxygen atoms in total. The Morgan fingerprint density at radius 2 is 2.00 bits per heavy atom. The molecule has 1 atom stereocenters. The minimum absolute atomic E-state index is 0.375. The van der Waals surface area contributed by atoms with Crippen LogP contribution in [0, 0.1) is 0 Å². The van der Waals surface area contributed by atoms with Crippen LogP contribution in [0.1, 0.15) is 15.8 Å². The van der Waals surface area contributed by atoms with Crippen molar-refractivity contribution >= 4 is 50.5 Å². The highest BCUT2D eigenvalue weighted by molar-refractivity contribution is 9.10. The van der Waals surface area contributed by atoms with Crippen LogP contribution >= 0.6 is 50.5 Å². The van der Waals surface area contributed by atoms with E-state index in [1.54, 1.807) is 20.3 Å². The van der Waals surface area contributed by atoms with Crippen molar-refractivity contribution in [2.24, 2.45) is 0 Å². The molecule has 0 aliphatic rings. The second-order valence-electron chi connectivity index (χ2n) is 3.73. The Morgan fingerprint density at radius 1 is 1.26 bits per heavy atom. The summed E-state index contributed by atoms with van der Waals surface area (Å²) in [6, 6.07) is 5.47. The summed E-state index contributed by atoms with van der Waals surface area (Å²) in [5, 5.41) is 2.17. The lowest BCUT2D eigenvalue weighted by atomic mass is 10.1. The number of rotatable bonds is 4. The quantitative estimate of drug-likeness (QED) is 0.650. The lowest BCUT2D eigenvalue weighted by molar-refractivity contribution is 0.404. The SMILES string of the molecule is COc1ccsc1C(Cl)c1cc(Cl)cc(Br)c1OC. The minimum atomic E-state index is -0.375. The second kappa shape index (κ2) is 6.35. The van der Waals surface area contributed by atoms with E-state index in [9.17, 15) is 0 Å². The van der Waals surface area contributed by atoms with Crippen LogP contribution in [0.4, 0.5) is 0 Å². The molecule has 0 saturated heterocycles. The highest BCUT2D eigenvalue weighted by Gasteiger charge is 2.22. The molecule has 0 aliphatic carbocycles. The third kappa shape index (κ3) is 3.02. The monoisotopic (exact) mass is 380 g/mol. The van der Waals surface area contributed by atoms with Crippen molar-refractivity contribution in [3.63, 3.8) is 0 Å². The van der Waals surface area contributed by atoms with Gasteiger partial charge in [-0.25, -0.2) is 0 Å². The van der Waals surface area contributed by atoms with Crippen LogP contribution in [0.25, 0.3) is 0 Å². The van der Waals surface area contributed by atoms with Crippen molar-refractivity contribution in [2.75, 3.05) is 14.2 Å². The maximum Gasteiger partial charge on any atom is 0.138 e. The molecule has 0 N–H and O–H groups in total. The molecule has 0 saturated carbocycles. The maximum atomic E-state index is 6.56. The van der Waals surface area contributed by atoms with Gasteiger partial charge in [0, 0.05) is 10.6 Å². The van der Waals surface area contributed by atoms with E-state index < -0.39 is 0 Å². The Morgan fingerprint density at radius 3 is 2.63 bits per heavy atom. The summed E-state index contributed by atoms with van der Waals surface area (Å²) >= 11 is 17.6. The number of benzene rings is 1. The van der Waals surface area contributed by atoms with Crippen molar-refractivity contribution in [1.29, 1.82) is 0 Å². The molecule has 1 aromatic carbocycles. The zero-order valence-corrected chi connectivity index (χ0v) is 14.2. The molecule has 1 unspecified atom stereocenters. The third-order valence-corrected chi connectivity index (χ3v) is 4.97. The van der Waals surface area contributed by atoms with E-state index in [-0.39, 0.29) is 5.38 Å². The molecule has 0 fully saturated rings. The molecule has 0 spiro atoms. The highest BCUT2D eigenvalue weighted by atomic mass is 79.9. The summed E-state index contributed by atoms with van der Waals surface area (Å²) in [7, 11) is 3.23. The smallest absolute Gasteiger partial charge is 0.138 e. The van der Waals surface area contributed by atoms with Crippen LogP contribution in [0.2, 0.25) is 5.02 Å². The molecule has 0 amide bonds. The number of hydrogen-bond donors (Lipinski definition) is 0. The molecule has 2 aromatic rings. The van der Waals surface area contributed by atoms with Gasteiger partial charge in [-0.1, -0.05) is 11.6 Å². The number of ether oxygens (including phenoxy) is 2. The van der Waals surface area contributed by atoms with Gasteiger partial charge in [0.15, 0.2) is 0 Å². The Balaban J connectivity index is 2.52. The average molecular weight is 382 g/mol. The van der Waals surface area contributed by atoms with Crippen LogP contribution in [0.15, 0.2) is 28.1 Å². The van der Waals surface area contributed by atoms with Gasteiger partial charge < -0.3 is 9.47 Å². The Hall–Kier alpha value is -0.420. The molecule has 1 heterocycles. The van der Waals surface area contributed by atoms with Crippen LogP contribution in [-0.2, 0) is 0 Å². The molecule has 1 aromatic heterocycles. The molecule has 0 radical (unpaired) electrons. The van der Waals surface area contributed by atoms with Gasteiger partial charge in [-0.2, -0.15) is 0 Å². The largest absolute Gasteiger partial charge is 0.496 e. The fourth-order valence-corrected chi connectivity index (χ4v) is 4.06. The predicted molar refractivity (Wildman–Crippen MR) is 84.3 cm³/mol. The first-order valence-electron chi connectivity index (χ1n) is 5.36. The summed E-state index contributed by atoms with van der Waals surface area (Å²) in [6.45, 7) is 0. The van der Waals surface area contributed by atoms with Gasteiger partial charge in [0.2, 0.25) is 0 Å². The Bertz CT molecular complexity index is 586. The van der Waals surface area contributed by atoms with E-state index in [1.807, 2.05) is 17.5 Å². The number of hydrogen-bond acceptors (Lipinski definition) is 3. The molecule has 0 aliphatic heterocycles. The van der Waals surface area contributed by atoms with E-state index in [0.29, 0.717) is 10.8 Å². The van der Waals surface area contributed by atoms with Gasteiger partial charge in [0.1, 0.15) is 16.9 Å². The second-order valence-corrected chi connectivity index (χ2v) is 6.40. The van der Waals surface area contributed by atoms with Gasteiger partial charge >= 0.3 is 0 Å². The first kappa shape index (κ1) is 15.0. The van der Waals surface area contributed by atoms with Gasteiger partial charge in [-0.15, -0.1) is 22.9 Å². The van der Waals surface area contributed by atoms with E-state index in [0.717, 1.165) is 20.7 Å². The lowest BCUT2D eigenvalue weighted by Gasteiger charge is -2.16. The van der Waals surface area contributed by atoms with Crippen molar-refractivity contribution in [2.45, 2.75) is 5.38 Å². The van der Waals surface area contributed by atoms with Crippen LogP contribution in [-0.4, -0.2) is 14.2 Å². The van der Waals surface area contributed by atoms with Crippen molar-refractivity contribution in [3.8, 4) is 11.5 Å². The normalized spacial score (nSPS) is 12.3. The van der Waals surface area contributed by atoms with E-state index in [1.165, 1.54) is 11.3 Å². The van der Waals surface area contributed by atoms with Gasteiger partial charge in [-0.3, -0.25) is 0 Å². The van der Waals surface area contributed by atoms with Crippen LogP contribution in [0.5, 0.6) is 11.5 Å². The Labute approximate surface area is 134 Å². The summed E-state index contributed by atoms with van der Waals surface area (Å²) in [5.41, 5.74) is 0.810. The van der Waals surface area contributed by atoms with E-state index in [2.05, 4.69) is 15.9 Å². The first-order valence-corrected chi connectivity index (χ1v) is 7.85. The van der Waals surface area contributed by atoms with Crippen molar-refractivity contribution < 1.29 is 9.47 Å². The maximum absolute atomic E-state index is 6.56. The van der Waals surface area contributed by atoms with Gasteiger partial charge in [0.05, 0.1) is 23.6 Å². The molecular formula is C13H11BrCl2O2S. The number of methoxy groups -OCH3 is 2. The standard InChI is InChI=1S/C13H11BrCl2O2S/c1-17-10-3-4-19-13(10)11(16)8-5-7(15)6-9(14)12(8)18-2/h3-6,11H,1-2H3. The Kier molecular flexibility index (Phi) is 5.01. The first-order chi connectivity index (χ1) is 9.08. The third-order valence-electron chi connectivity index (χ3n) is 2.62. The number of thiophene rings is 1. The molecular weight excluding hydrogens is 371 g/mol. The van der Waals surface area contributed by atoms with Crippen molar-refractivity contribution in [1.82, 2.24) is 0 Å². The molecule has 102 valence electrons. The number of halogens is 3. The fraction of sp³-hybridized carbons (Fsp3) is 0.231. The van der Waals surface area contributed by atoms with Gasteiger partial charge in [0.25, 0.3) is 0 Å². The van der Waals surface area contributed by atoms with E-state index in [4.69, 9.17) is 32.7 Å². The highest BCUT2D eigenvalue weighted by Crippen LogP contribution is 2.45. The molecule has 0 bridgehead atoms. The van der Waals surface area contributed by atoms with Crippen molar-refractivity contribution in [3.05, 3.63) is 43.5 Å². The summed E-state index contributed by atoms with van der Waals surface area (Å²) in [5.74, 6) is 1.45. The molecule has 19 heavy (non-hydrogen) atoms. The van der Waals surface area contributed by atoms with E-state index >= 15 is 0 Å². The lowest BCUT2D eigenvalue weighted by Crippen LogP contribution is -1.98.